The van der Waals surface area contributed by atoms with Gasteiger partial charge in [-0.25, -0.2) is 0 Å². The Balaban J connectivity index is 1.55. The highest BCUT2D eigenvalue weighted by molar-refractivity contribution is 6.23. The van der Waals surface area contributed by atoms with Gasteiger partial charge in [0.05, 0.1) is 11.1 Å². The summed E-state index contributed by atoms with van der Waals surface area (Å²) < 4.78 is 0. The van der Waals surface area contributed by atoms with Crippen LogP contribution in [0.4, 0.5) is 5.69 Å². The van der Waals surface area contributed by atoms with Gasteiger partial charge in [-0.1, -0.05) is 0 Å². The van der Waals surface area contributed by atoms with Crippen molar-refractivity contribution < 1.29 is 19.2 Å². The molecule has 2 heterocycles. The predicted octanol–water partition coefficient (Wildman–Crippen LogP) is 0.380. The van der Waals surface area contributed by atoms with Crippen LogP contribution < -0.4 is 16.4 Å². The van der Waals surface area contributed by atoms with Crippen LogP contribution in [0.2, 0.25) is 0 Å². The van der Waals surface area contributed by atoms with E-state index in [-0.39, 0.29) is 41.5 Å². The number of nitrogens with one attached hydrogen (secondary N) is 2. The highest BCUT2D eigenvalue weighted by Crippen LogP contribution is 2.34. The van der Waals surface area contributed by atoms with E-state index in [1.807, 2.05) is 6.92 Å². The number of hydrogen-bond acceptors (Lipinski definition) is 6. The first-order valence-corrected chi connectivity index (χ1v) is 8.66. The van der Waals surface area contributed by atoms with Gasteiger partial charge < -0.3 is 11.1 Å². The summed E-state index contributed by atoms with van der Waals surface area (Å²) >= 11 is 0. The maximum Gasteiger partial charge on any atom is 0.262 e. The van der Waals surface area contributed by atoms with Gasteiger partial charge in [0.15, 0.2) is 0 Å². The molecule has 0 spiro atoms. The maximum atomic E-state index is 12.8. The Hall–Kier alpha value is -2.74. The molecule has 1 atom stereocenters. The first-order chi connectivity index (χ1) is 12.2. The second-order valence-corrected chi connectivity index (χ2v) is 7.61. The molecule has 26 heavy (non-hydrogen) atoms. The summed E-state index contributed by atoms with van der Waals surface area (Å²) in [7, 11) is 0. The molecule has 3 aliphatic rings. The smallest absolute Gasteiger partial charge is 0.262 e. The molecule has 1 aromatic carbocycles. The molecule has 1 aromatic rings. The summed E-state index contributed by atoms with van der Waals surface area (Å²) in [4.78, 5) is 49.7. The fraction of sp³-hybridized carbons (Fsp3) is 0.444. The molecule has 8 nitrogen and oxygen atoms in total. The molecule has 2 fully saturated rings. The largest absolute Gasteiger partial charge is 0.382 e. The number of hydrogen-bond donors (Lipinski definition) is 3. The van der Waals surface area contributed by atoms with Crippen molar-refractivity contribution in [2.24, 2.45) is 5.73 Å². The van der Waals surface area contributed by atoms with Crippen molar-refractivity contribution in [1.82, 2.24) is 10.2 Å². The minimum absolute atomic E-state index is 0.107. The monoisotopic (exact) mass is 356 g/mol. The molecule has 2 aliphatic heterocycles. The van der Waals surface area contributed by atoms with E-state index in [1.54, 1.807) is 18.2 Å². The average molecular weight is 356 g/mol. The number of benzene rings is 1. The van der Waals surface area contributed by atoms with Gasteiger partial charge in [0.25, 0.3) is 11.8 Å². The quantitative estimate of drug-likeness (QED) is 0.673. The molecule has 0 bridgehead atoms. The third-order valence-electron chi connectivity index (χ3n) is 5.24. The third kappa shape index (κ3) is 2.66. The second kappa shape index (κ2) is 5.63. The molecular formula is C18H20N4O4. The maximum absolute atomic E-state index is 12.8. The molecule has 4 rings (SSSR count). The molecule has 1 unspecified atom stereocenters. The van der Waals surface area contributed by atoms with E-state index in [2.05, 4.69) is 10.6 Å². The van der Waals surface area contributed by atoms with Gasteiger partial charge in [0, 0.05) is 23.7 Å². The molecule has 0 radical (unpaired) electrons. The highest BCUT2D eigenvalue weighted by atomic mass is 16.2. The Kier molecular flexibility index (Phi) is 3.62. The summed E-state index contributed by atoms with van der Waals surface area (Å²) in [6, 6.07) is 4.30. The second-order valence-electron chi connectivity index (χ2n) is 7.61. The minimum Gasteiger partial charge on any atom is -0.382 e. The number of nitrogens with two attached hydrogens (primary N) is 1. The number of nitrogens with zero attached hydrogens (tertiary/aromatic N) is 1. The third-order valence-corrected chi connectivity index (χ3v) is 5.24. The van der Waals surface area contributed by atoms with Crippen LogP contribution in [0.25, 0.3) is 0 Å². The van der Waals surface area contributed by atoms with E-state index in [1.165, 1.54) is 0 Å². The van der Waals surface area contributed by atoms with E-state index in [4.69, 9.17) is 5.73 Å². The summed E-state index contributed by atoms with van der Waals surface area (Å²) in [5.74, 6) is -1.99. The fourth-order valence-corrected chi connectivity index (χ4v) is 3.96. The van der Waals surface area contributed by atoms with E-state index in [0.29, 0.717) is 0 Å². The standard InChI is InChI=1S/C18H20N4O4/c1-18(19)7-10(8-18)20-9-2-3-11-12(6-9)17(26)22(16(11)25)13-4-5-14(23)21-15(13)24/h2-3,6,10,13,20H,4-5,7-8,19H2,1H3,(H,21,23,24). The van der Waals surface area contributed by atoms with Crippen LogP contribution >= 0.6 is 0 Å². The molecular weight excluding hydrogens is 336 g/mol. The van der Waals surface area contributed by atoms with E-state index in [9.17, 15) is 19.2 Å². The van der Waals surface area contributed by atoms with E-state index < -0.39 is 23.8 Å². The summed E-state index contributed by atoms with van der Waals surface area (Å²) in [5.41, 5.74) is 7.15. The number of piperidine rings is 1. The molecule has 4 N–H and O–H groups in total. The Morgan fingerprint density at radius 3 is 2.50 bits per heavy atom. The Morgan fingerprint density at radius 2 is 1.85 bits per heavy atom. The predicted molar refractivity (Wildman–Crippen MR) is 92.4 cm³/mol. The number of carbonyl (C=O) groups excluding carboxylic acids is 4. The van der Waals surface area contributed by atoms with E-state index >= 15 is 0 Å². The van der Waals surface area contributed by atoms with Crippen LogP contribution in [0.1, 0.15) is 53.3 Å². The molecule has 136 valence electrons. The van der Waals surface area contributed by atoms with E-state index in [0.717, 1.165) is 23.4 Å². The fourth-order valence-electron chi connectivity index (χ4n) is 3.96. The van der Waals surface area contributed by atoms with Crippen molar-refractivity contribution >= 4 is 29.3 Å². The van der Waals surface area contributed by atoms with Crippen LogP contribution in [0, 0.1) is 0 Å². The Morgan fingerprint density at radius 1 is 1.15 bits per heavy atom. The topological polar surface area (TPSA) is 122 Å². The summed E-state index contributed by atoms with van der Waals surface area (Å²) in [5, 5.41) is 5.51. The van der Waals surface area contributed by atoms with Gasteiger partial charge in [-0.05, 0) is 44.4 Å². The van der Waals surface area contributed by atoms with Gasteiger partial charge in [-0.15, -0.1) is 0 Å². The number of carbonyl (C=O) groups is 4. The molecule has 8 heteroatoms. The zero-order chi connectivity index (χ0) is 18.6. The van der Waals surface area contributed by atoms with Gasteiger partial charge in [-0.3, -0.25) is 29.4 Å². The van der Waals surface area contributed by atoms with Crippen molar-refractivity contribution in [3.8, 4) is 0 Å². The average Bonchev–Trinajstić information content (AvgIpc) is 2.78. The number of fused-ring (bicyclic) bond motifs is 1. The number of rotatable bonds is 3. The first-order valence-electron chi connectivity index (χ1n) is 8.66. The highest BCUT2D eigenvalue weighted by Gasteiger charge is 2.45. The Bertz CT molecular complexity index is 840. The van der Waals surface area contributed by atoms with Crippen LogP contribution in [-0.2, 0) is 9.59 Å². The zero-order valence-electron chi connectivity index (χ0n) is 14.4. The molecule has 1 aliphatic carbocycles. The number of imide groups is 2. The van der Waals surface area contributed by atoms with Crippen molar-refractivity contribution in [3.63, 3.8) is 0 Å². The lowest BCUT2D eigenvalue weighted by molar-refractivity contribution is -0.136. The first kappa shape index (κ1) is 16.7. The zero-order valence-corrected chi connectivity index (χ0v) is 14.4. The number of amides is 4. The number of anilines is 1. The van der Waals surface area contributed by atoms with Gasteiger partial charge >= 0.3 is 0 Å². The molecule has 1 saturated carbocycles. The lowest BCUT2D eigenvalue weighted by atomic mass is 9.75. The molecule has 1 saturated heterocycles. The van der Waals surface area contributed by atoms with Gasteiger partial charge in [0.1, 0.15) is 6.04 Å². The van der Waals surface area contributed by atoms with Crippen LogP contribution in [-0.4, -0.2) is 46.2 Å². The van der Waals surface area contributed by atoms with Crippen LogP contribution in [0.5, 0.6) is 0 Å². The van der Waals surface area contributed by atoms with Crippen molar-refractivity contribution in [2.75, 3.05) is 5.32 Å². The van der Waals surface area contributed by atoms with Crippen molar-refractivity contribution in [1.29, 1.82) is 0 Å². The van der Waals surface area contributed by atoms with Crippen LogP contribution in [0.3, 0.4) is 0 Å². The SMILES string of the molecule is CC1(N)CC(Nc2ccc3c(c2)C(=O)N(C2CCC(=O)NC2=O)C3=O)C1. The lowest BCUT2D eigenvalue weighted by Crippen LogP contribution is -2.54. The van der Waals surface area contributed by atoms with Crippen LogP contribution in [0.15, 0.2) is 18.2 Å². The van der Waals surface area contributed by atoms with Gasteiger partial charge in [-0.2, -0.15) is 0 Å². The van der Waals surface area contributed by atoms with Crippen molar-refractivity contribution in [2.45, 2.75) is 50.2 Å². The van der Waals surface area contributed by atoms with Gasteiger partial charge in [0.2, 0.25) is 11.8 Å². The molecule has 0 aromatic heterocycles. The molecule has 4 amide bonds. The Labute approximate surface area is 150 Å². The summed E-state index contributed by atoms with van der Waals surface area (Å²) in [6.07, 6.45) is 1.92. The minimum atomic E-state index is -0.943. The summed E-state index contributed by atoms with van der Waals surface area (Å²) in [6.45, 7) is 1.99. The lowest BCUT2D eigenvalue weighted by Gasteiger charge is -2.43. The van der Waals surface area contributed by atoms with Crippen molar-refractivity contribution in [3.05, 3.63) is 29.3 Å². The normalized spacial score (nSPS) is 30.8.